The Morgan fingerprint density at radius 1 is 1.12 bits per heavy atom. The smallest absolute Gasteiger partial charge is 0.410 e. The summed E-state index contributed by atoms with van der Waals surface area (Å²) in [7, 11) is 0. The van der Waals surface area contributed by atoms with E-state index in [1.165, 1.54) is 6.42 Å². The van der Waals surface area contributed by atoms with Gasteiger partial charge < -0.3 is 24.2 Å². The molecule has 9 heteroatoms. The molecule has 1 unspecified atom stereocenters. The topological polar surface area (TPSA) is 99.0 Å². The average Bonchev–Trinajstić information content (AvgIpc) is 3.58. The average molecular weight is 592 g/mol. The highest BCUT2D eigenvalue weighted by Crippen LogP contribution is 2.45. The summed E-state index contributed by atoms with van der Waals surface area (Å²) in [5.74, 6) is 2.03. The number of pyridine rings is 1. The number of ether oxygens (including phenoxy) is 2. The van der Waals surface area contributed by atoms with Crippen LogP contribution < -0.4 is 0 Å². The molecule has 0 aromatic carbocycles. The largest absolute Gasteiger partial charge is 0.442 e. The van der Waals surface area contributed by atoms with E-state index in [2.05, 4.69) is 22.9 Å². The summed E-state index contributed by atoms with van der Waals surface area (Å²) in [6.07, 6.45) is 9.55. The zero-order valence-electron chi connectivity index (χ0n) is 26.4. The number of fused-ring (bicyclic) bond motifs is 1. The number of unbranched alkanes of at least 4 members (excludes halogenated alkanes) is 1. The molecule has 6 rings (SSSR count). The third-order valence-corrected chi connectivity index (χ3v) is 11.4. The second-order valence-corrected chi connectivity index (χ2v) is 14.0. The van der Waals surface area contributed by atoms with E-state index < -0.39 is 0 Å². The Morgan fingerprint density at radius 3 is 2.44 bits per heavy atom. The van der Waals surface area contributed by atoms with Gasteiger partial charge in [0.25, 0.3) is 5.91 Å². The van der Waals surface area contributed by atoms with Gasteiger partial charge in [0.05, 0.1) is 11.3 Å². The van der Waals surface area contributed by atoms with Crippen LogP contribution in [0.3, 0.4) is 0 Å². The van der Waals surface area contributed by atoms with Crippen molar-refractivity contribution in [2.24, 2.45) is 23.7 Å². The number of hydrogen-bond donors (Lipinski definition) is 0. The zero-order chi connectivity index (χ0) is 30.1. The molecule has 4 atom stereocenters. The number of amides is 2. The predicted molar refractivity (Wildman–Crippen MR) is 162 cm³/mol. The molecule has 43 heavy (non-hydrogen) atoms. The van der Waals surface area contributed by atoms with Gasteiger partial charge in [-0.15, -0.1) is 0 Å². The molecule has 234 valence electrons. The summed E-state index contributed by atoms with van der Waals surface area (Å²) < 4.78 is 12.0. The van der Waals surface area contributed by atoms with E-state index in [0.717, 1.165) is 109 Å². The van der Waals surface area contributed by atoms with Gasteiger partial charge in [0.1, 0.15) is 17.4 Å². The SMILES string of the molecule is CCCC[C@H]1CN(CC2CCOCC2)C(=O)OC12CCN(C1C[C@@H]3CN(C(=O)c4c(C)cc(C#N)nc4C)C[C@@H]3C1)CC2. The first kappa shape index (κ1) is 30.3. The van der Waals surface area contributed by atoms with E-state index in [1.807, 2.05) is 23.6 Å². The maximum absolute atomic E-state index is 13.5. The highest BCUT2D eigenvalue weighted by molar-refractivity contribution is 5.97. The molecule has 1 saturated carbocycles. The Kier molecular flexibility index (Phi) is 8.98. The molecule has 0 radical (unpaired) electrons. The Bertz CT molecular complexity index is 1190. The molecule has 0 N–H and O–H groups in total. The molecular formula is C34H49N5O4. The van der Waals surface area contributed by atoms with Crippen molar-refractivity contribution in [1.29, 1.82) is 5.26 Å². The number of carbonyl (C=O) groups excluding carboxylic acids is 2. The van der Waals surface area contributed by atoms with E-state index in [0.29, 0.717) is 46.7 Å². The Labute approximate surface area is 256 Å². The minimum atomic E-state index is -0.322. The molecule has 1 spiro atoms. The number of piperidine rings is 1. The van der Waals surface area contributed by atoms with Crippen molar-refractivity contribution in [2.45, 2.75) is 90.2 Å². The molecule has 5 fully saturated rings. The van der Waals surface area contributed by atoms with Crippen LogP contribution in [-0.2, 0) is 9.47 Å². The highest BCUT2D eigenvalue weighted by Gasteiger charge is 2.52. The molecule has 1 aromatic rings. The van der Waals surface area contributed by atoms with Gasteiger partial charge in [-0.3, -0.25) is 4.79 Å². The molecular weight excluding hydrogens is 542 g/mol. The van der Waals surface area contributed by atoms with Gasteiger partial charge in [0, 0.05) is 77.3 Å². The fourth-order valence-corrected chi connectivity index (χ4v) is 8.90. The monoisotopic (exact) mass is 591 g/mol. The van der Waals surface area contributed by atoms with Crippen LogP contribution in [0, 0.1) is 48.9 Å². The van der Waals surface area contributed by atoms with Gasteiger partial charge in [-0.1, -0.05) is 19.8 Å². The van der Waals surface area contributed by atoms with Crippen LogP contribution in [0.2, 0.25) is 0 Å². The fraction of sp³-hybridized carbons (Fsp3) is 0.765. The molecule has 0 bridgehead atoms. The normalized spacial score (nSPS) is 29.5. The number of hydrogen-bond acceptors (Lipinski definition) is 7. The van der Waals surface area contributed by atoms with Crippen molar-refractivity contribution in [3.8, 4) is 6.07 Å². The molecule has 4 aliphatic heterocycles. The van der Waals surface area contributed by atoms with Gasteiger partial charge in [0.2, 0.25) is 0 Å². The number of likely N-dealkylation sites (tertiary alicyclic amines) is 2. The molecule has 2 amide bonds. The molecule has 1 aliphatic carbocycles. The summed E-state index contributed by atoms with van der Waals surface area (Å²) in [4.78, 5) is 37.8. The third-order valence-electron chi connectivity index (χ3n) is 11.4. The van der Waals surface area contributed by atoms with Gasteiger partial charge >= 0.3 is 6.09 Å². The highest BCUT2D eigenvalue weighted by atomic mass is 16.6. The van der Waals surface area contributed by atoms with Gasteiger partial charge in [-0.05, 0) is 75.3 Å². The fourth-order valence-electron chi connectivity index (χ4n) is 8.90. The van der Waals surface area contributed by atoms with Crippen molar-refractivity contribution in [3.05, 3.63) is 28.6 Å². The number of rotatable bonds is 7. The van der Waals surface area contributed by atoms with Crippen molar-refractivity contribution in [3.63, 3.8) is 0 Å². The van der Waals surface area contributed by atoms with Crippen LogP contribution in [0.5, 0.6) is 0 Å². The Balaban J connectivity index is 1.04. The third kappa shape index (κ3) is 6.15. The van der Waals surface area contributed by atoms with E-state index in [-0.39, 0.29) is 17.6 Å². The molecule has 5 aliphatic rings. The first-order chi connectivity index (χ1) is 20.8. The quantitative estimate of drug-likeness (QED) is 0.443. The summed E-state index contributed by atoms with van der Waals surface area (Å²) >= 11 is 0. The minimum absolute atomic E-state index is 0.0564. The second-order valence-electron chi connectivity index (χ2n) is 14.0. The summed E-state index contributed by atoms with van der Waals surface area (Å²) in [6, 6.07) is 4.35. The summed E-state index contributed by atoms with van der Waals surface area (Å²) in [5.41, 5.74) is 2.17. The zero-order valence-corrected chi connectivity index (χ0v) is 26.4. The standard InChI is InChI=1S/C34H49N5O4/c1-4-5-6-28-22-39(19-25-7-13-42-14-8-25)33(41)43-34(28)9-11-37(12-10-34)30-16-26-20-38(21-27(26)17-30)32(40)31-23(2)15-29(18-35)36-24(31)3/h15,25-28,30H,4-14,16-17,19-22H2,1-3H3/t26-,27+,28-,30?/m0/s1. The minimum Gasteiger partial charge on any atom is -0.442 e. The van der Waals surface area contributed by atoms with Crippen LogP contribution in [-0.4, -0.2) is 95.8 Å². The second kappa shape index (κ2) is 12.7. The number of carbonyl (C=O) groups is 2. The lowest BCUT2D eigenvalue weighted by Crippen LogP contribution is -2.61. The van der Waals surface area contributed by atoms with E-state index in [4.69, 9.17) is 9.47 Å². The number of aryl methyl sites for hydroxylation is 2. The lowest BCUT2D eigenvalue weighted by Gasteiger charge is -2.52. The number of nitrogens with zero attached hydrogens (tertiary/aromatic N) is 5. The van der Waals surface area contributed by atoms with Crippen molar-refractivity contribution in [2.75, 3.05) is 52.5 Å². The van der Waals surface area contributed by atoms with Crippen LogP contribution in [0.15, 0.2) is 6.07 Å². The Hall–Kier alpha value is -2.70. The summed E-state index contributed by atoms with van der Waals surface area (Å²) in [5, 5.41) is 9.23. The molecule has 9 nitrogen and oxygen atoms in total. The Morgan fingerprint density at radius 2 is 1.81 bits per heavy atom. The maximum atomic E-state index is 13.5. The van der Waals surface area contributed by atoms with E-state index >= 15 is 0 Å². The van der Waals surface area contributed by atoms with Gasteiger partial charge in [-0.2, -0.15) is 5.26 Å². The summed E-state index contributed by atoms with van der Waals surface area (Å²) in [6.45, 7) is 12.8. The molecule has 1 aromatic heterocycles. The predicted octanol–water partition coefficient (Wildman–Crippen LogP) is 4.94. The number of aromatic nitrogens is 1. The lowest BCUT2D eigenvalue weighted by molar-refractivity contribution is -0.127. The van der Waals surface area contributed by atoms with Crippen molar-refractivity contribution < 1.29 is 19.1 Å². The maximum Gasteiger partial charge on any atom is 0.410 e. The van der Waals surface area contributed by atoms with Gasteiger partial charge in [0.15, 0.2) is 0 Å². The van der Waals surface area contributed by atoms with E-state index in [9.17, 15) is 14.9 Å². The van der Waals surface area contributed by atoms with Crippen LogP contribution in [0.1, 0.15) is 92.0 Å². The molecule has 4 saturated heterocycles. The van der Waals surface area contributed by atoms with Gasteiger partial charge in [-0.25, -0.2) is 9.78 Å². The van der Waals surface area contributed by atoms with Crippen LogP contribution in [0.4, 0.5) is 4.79 Å². The first-order valence-electron chi connectivity index (χ1n) is 16.8. The molecule has 5 heterocycles. The van der Waals surface area contributed by atoms with E-state index in [1.54, 1.807) is 6.07 Å². The number of nitriles is 1. The first-order valence-corrected chi connectivity index (χ1v) is 16.8. The van der Waals surface area contributed by atoms with Crippen LogP contribution in [0.25, 0.3) is 0 Å². The van der Waals surface area contributed by atoms with Crippen LogP contribution >= 0.6 is 0 Å². The van der Waals surface area contributed by atoms with Crippen molar-refractivity contribution in [1.82, 2.24) is 19.7 Å². The van der Waals surface area contributed by atoms with Crippen molar-refractivity contribution >= 4 is 12.0 Å². The lowest BCUT2D eigenvalue weighted by atomic mass is 9.75.